The molecule has 1 aliphatic heterocycles. The van der Waals surface area contributed by atoms with E-state index in [-0.39, 0.29) is 22.5 Å². The van der Waals surface area contributed by atoms with Crippen LogP contribution in [0.25, 0.3) is 0 Å². The van der Waals surface area contributed by atoms with E-state index in [1.807, 2.05) is 6.92 Å². The number of piperidine rings is 1. The number of sulfonamides is 1. The Balaban J connectivity index is 2.31. The zero-order valence-corrected chi connectivity index (χ0v) is 14.4. The predicted molar refractivity (Wildman–Crippen MR) is 87.9 cm³/mol. The number of nitrogens with one attached hydrogen (secondary N) is 2. The molecule has 0 bridgehead atoms. The number of nitro benzene ring substituents is 1. The summed E-state index contributed by atoms with van der Waals surface area (Å²) in [6, 6.07) is 2.41. The van der Waals surface area contributed by atoms with Gasteiger partial charge in [0.15, 0.2) is 4.90 Å². The first-order chi connectivity index (χ1) is 10.7. The van der Waals surface area contributed by atoms with Crippen LogP contribution in [-0.2, 0) is 10.0 Å². The molecule has 1 saturated heterocycles. The standard InChI is InChI=1S/C15H23N3O4S/c1-10-7-14(18(19)20)15(8-11(10)2)23(21,22)17-12(3)13-5-4-6-16-9-13/h7-8,12-13,16-17H,4-6,9H2,1-3H3. The minimum absolute atomic E-state index is 0.184. The van der Waals surface area contributed by atoms with Gasteiger partial charge in [-0.15, -0.1) is 0 Å². The van der Waals surface area contributed by atoms with Gasteiger partial charge in [-0.3, -0.25) is 10.1 Å². The average Bonchev–Trinajstić information content (AvgIpc) is 2.49. The van der Waals surface area contributed by atoms with Gasteiger partial charge in [0, 0.05) is 12.1 Å². The monoisotopic (exact) mass is 341 g/mol. The first kappa shape index (κ1) is 17.8. The van der Waals surface area contributed by atoms with Crippen LogP contribution in [0.3, 0.4) is 0 Å². The van der Waals surface area contributed by atoms with E-state index in [1.165, 1.54) is 12.1 Å². The zero-order chi connectivity index (χ0) is 17.2. The van der Waals surface area contributed by atoms with Crippen molar-refractivity contribution in [2.75, 3.05) is 13.1 Å². The maximum absolute atomic E-state index is 12.6. The normalized spacial score (nSPS) is 20.2. The van der Waals surface area contributed by atoms with Gasteiger partial charge in [0.1, 0.15) is 0 Å². The molecular formula is C15H23N3O4S. The second kappa shape index (κ2) is 6.94. The van der Waals surface area contributed by atoms with Crippen molar-refractivity contribution in [1.29, 1.82) is 0 Å². The van der Waals surface area contributed by atoms with Crippen molar-refractivity contribution in [2.45, 2.75) is 44.6 Å². The van der Waals surface area contributed by atoms with E-state index >= 15 is 0 Å². The number of aryl methyl sites for hydroxylation is 2. The van der Waals surface area contributed by atoms with Gasteiger partial charge in [-0.2, -0.15) is 0 Å². The predicted octanol–water partition coefficient (Wildman–Crippen LogP) is 1.88. The average molecular weight is 341 g/mol. The third-order valence-electron chi connectivity index (χ3n) is 4.44. The molecule has 0 saturated carbocycles. The summed E-state index contributed by atoms with van der Waals surface area (Å²) in [5.74, 6) is 0.184. The van der Waals surface area contributed by atoms with Crippen molar-refractivity contribution >= 4 is 15.7 Å². The lowest BCUT2D eigenvalue weighted by molar-refractivity contribution is -0.387. The molecule has 2 atom stereocenters. The van der Waals surface area contributed by atoms with Crippen LogP contribution in [0.4, 0.5) is 5.69 Å². The molecule has 7 nitrogen and oxygen atoms in total. The summed E-state index contributed by atoms with van der Waals surface area (Å²) in [4.78, 5) is 10.3. The lowest BCUT2D eigenvalue weighted by Crippen LogP contribution is -2.44. The van der Waals surface area contributed by atoms with Gasteiger partial charge < -0.3 is 5.32 Å². The molecule has 1 aromatic carbocycles. The van der Waals surface area contributed by atoms with Crippen LogP contribution < -0.4 is 10.0 Å². The van der Waals surface area contributed by atoms with E-state index in [4.69, 9.17) is 0 Å². The lowest BCUT2D eigenvalue weighted by atomic mass is 9.94. The molecular weight excluding hydrogens is 318 g/mol. The Kier molecular flexibility index (Phi) is 5.38. The molecule has 0 aromatic heterocycles. The van der Waals surface area contributed by atoms with E-state index < -0.39 is 14.9 Å². The number of benzene rings is 1. The first-order valence-electron chi connectivity index (χ1n) is 7.71. The second-order valence-corrected chi connectivity index (χ2v) is 7.86. The summed E-state index contributed by atoms with van der Waals surface area (Å²) >= 11 is 0. The van der Waals surface area contributed by atoms with Crippen LogP contribution in [-0.4, -0.2) is 32.5 Å². The van der Waals surface area contributed by atoms with E-state index in [9.17, 15) is 18.5 Å². The molecule has 1 heterocycles. The fourth-order valence-electron chi connectivity index (χ4n) is 2.84. The third-order valence-corrected chi connectivity index (χ3v) is 6.03. The van der Waals surface area contributed by atoms with Gasteiger partial charge in [0.25, 0.3) is 5.69 Å². The maximum atomic E-state index is 12.6. The third kappa shape index (κ3) is 4.07. The summed E-state index contributed by atoms with van der Waals surface area (Å²) in [6.07, 6.45) is 1.94. The van der Waals surface area contributed by atoms with Crippen molar-refractivity contribution in [3.63, 3.8) is 0 Å². The molecule has 0 spiro atoms. The Hall–Kier alpha value is -1.51. The van der Waals surface area contributed by atoms with Crippen molar-refractivity contribution in [3.8, 4) is 0 Å². The van der Waals surface area contributed by atoms with E-state index in [1.54, 1.807) is 13.8 Å². The Bertz CT molecular complexity index is 697. The number of nitrogens with zero attached hydrogens (tertiary/aromatic N) is 1. The minimum Gasteiger partial charge on any atom is -0.316 e. The zero-order valence-electron chi connectivity index (χ0n) is 13.6. The quantitative estimate of drug-likeness (QED) is 0.629. The van der Waals surface area contributed by atoms with Gasteiger partial charge in [0.05, 0.1) is 4.92 Å². The second-order valence-electron chi connectivity index (χ2n) is 6.18. The fourth-order valence-corrected chi connectivity index (χ4v) is 4.39. The molecule has 0 radical (unpaired) electrons. The van der Waals surface area contributed by atoms with Gasteiger partial charge in [0.2, 0.25) is 10.0 Å². The van der Waals surface area contributed by atoms with Crippen molar-refractivity contribution in [3.05, 3.63) is 33.4 Å². The minimum atomic E-state index is -3.94. The summed E-state index contributed by atoms with van der Waals surface area (Å²) in [5, 5.41) is 14.5. The van der Waals surface area contributed by atoms with Crippen molar-refractivity contribution in [1.82, 2.24) is 10.0 Å². The van der Waals surface area contributed by atoms with E-state index in [0.717, 1.165) is 25.9 Å². The number of nitro groups is 1. The smallest absolute Gasteiger partial charge is 0.289 e. The summed E-state index contributed by atoms with van der Waals surface area (Å²) in [6.45, 7) is 6.97. The largest absolute Gasteiger partial charge is 0.316 e. The number of rotatable bonds is 5. The molecule has 1 aromatic rings. The Morgan fingerprint density at radius 1 is 1.35 bits per heavy atom. The van der Waals surface area contributed by atoms with Crippen LogP contribution in [0.5, 0.6) is 0 Å². The van der Waals surface area contributed by atoms with Gasteiger partial charge in [-0.1, -0.05) is 0 Å². The van der Waals surface area contributed by atoms with Crippen molar-refractivity contribution < 1.29 is 13.3 Å². The summed E-state index contributed by atoms with van der Waals surface area (Å²) in [5.41, 5.74) is 1.03. The first-order valence-corrected chi connectivity index (χ1v) is 9.19. The molecule has 2 unspecified atom stereocenters. The Morgan fingerprint density at radius 3 is 2.57 bits per heavy atom. The number of hydrogen-bond acceptors (Lipinski definition) is 5. The van der Waals surface area contributed by atoms with Crippen LogP contribution in [0.1, 0.15) is 30.9 Å². The van der Waals surface area contributed by atoms with Gasteiger partial charge >= 0.3 is 0 Å². The van der Waals surface area contributed by atoms with Crippen LogP contribution in [0, 0.1) is 29.9 Å². The van der Waals surface area contributed by atoms with Crippen LogP contribution >= 0.6 is 0 Å². The van der Waals surface area contributed by atoms with Crippen LogP contribution in [0.15, 0.2) is 17.0 Å². The topological polar surface area (TPSA) is 101 Å². The van der Waals surface area contributed by atoms with Crippen molar-refractivity contribution in [2.24, 2.45) is 5.92 Å². The Morgan fingerprint density at radius 2 is 2.00 bits per heavy atom. The molecule has 2 N–H and O–H groups in total. The molecule has 0 aliphatic carbocycles. The van der Waals surface area contributed by atoms with Gasteiger partial charge in [-0.05, 0) is 69.8 Å². The highest BCUT2D eigenvalue weighted by Crippen LogP contribution is 2.28. The molecule has 8 heteroatoms. The SMILES string of the molecule is Cc1cc([N+](=O)[O-])c(S(=O)(=O)NC(C)C2CCCNC2)cc1C. The maximum Gasteiger partial charge on any atom is 0.289 e. The lowest BCUT2D eigenvalue weighted by Gasteiger charge is -2.28. The highest BCUT2D eigenvalue weighted by molar-refractivity contribution is 7.89. The highest BCUT2D eigenvalue weighted by atomic mass is 32.2. The fraction of sp³-hybridized carbons (Fsp3) is 0.600. The Labute approximate surface area is 136 Å². The molecule has 1 aliphatic rings. The summed E-state index contributed by atoms with van der Waals surface area (Å²) in [7, 11) is -3.94. The number of hydrogen-bond donors (Lipinski definition) is 2. The molecule has 128 valence electrons. The molecule has 23 heavy (non-hydrogen) atoms. The molecule has 0 amide bonds. The molecule has 1 fully saturated rings. The summed E-state index contributed by atoms with van der Waals surface area (Å²) < 4.78 is 27.9. The van der Waals surface area contributed by atoms with Gasteiger partial charge in [-0.25, -0.2) is 13.1 Å². The van der Waals surface area contributed by atoms with E-state index in [2.05, 4.69) is 10.0 Å². The highest BCUT2D eigenvalue weighted by Gasteiger charge is 2.30. The van der Waals surface area contributed by atoms with Crippen LogP contribution in [0.2, 0.25) is 0 Å². The molecule has 2 rings (SSSR count). The van der Waals surface area contributed by atoms with E-state index in [0.29, 0.717) is 11.1 Å².